The number of nitriles is 1. The van der Waals surface area contributed by atoms with Crippen molar-refractivity contribution in [1.29, 1.82) is 5.26 Å². The Hall–Kier alpha value is -2.78. The van der Waals surface area contributed by atoms with Crippen molar-refractivity contribution in [2.45, 2.75) is 32.7 Å². The zero-order chi connectivity index (χ0) is 18.3. The number of carbonyl (C=O) groups is 1. The van der Waals surface area contributed by atoms with Crippen molar-refractivity contribution in [3.8, 4) is 12.0 Å². The maximum absolute atomic E-state index is 13.4. The Bertz CT molecular complexity index is 991. The third kappa shape index (κ3) is 2.47. The summed E-state index contributed by atoms with van der Waals surface area (Å²) < 4.78 is 7.54. The van der Waals surface area contributed by atoms with Gasteiger partial charge in [-0.3, -0.25) is 9.36 Å². The summed E-state index contributed by atoms with van der Waals surface area (Å²) in [6.45, 7) is 4.51. The fraction of sp³-hybridized carbons (Fsp3) is 0.300. The number of amides is 1. The summed E-state index contributed by atoms with van der Waals surface area (Å²) in [5.41, 5.74) is 1.92. The van der Waals surface area contributed by atoms with E-state index in [-0.39, 0.29) is 11.9 Å². The number of hydrogen-bond acceptors (Lipinski definition) is 4. The topological polar surface area (TPSA) is 62.2 Å². The van der Waals surface area contributed by atoms with E-state index in [1.54, 1.807) is 35.2 Å². The summed E-state index contributed by atoms with van der Waals surface area (Å²) in [7, 11) is 0. The first kappa shape index (κ1) is 16.7. The molecule has 1 aliphatic heterocycles. The zero-order valence-electron chi connectivity index (χ0n) is 14.7. The molecule has 0 spiro atoms. The van der Waals surface area contributed by atoms with Crippen LogP contribution in [0.4, 0.5) is 0 Å². The van der Waals surface area contributed by atoms with Crippen molar-refractivity contribution in [2.24, 2.45) is 0 Å². The van der Waals surface area contributed by atoms with Gasteiger partial charge in [-0.1, -0.05) is 6.92 Å². The highest BCUT2D eigenvalue weighted by Crippen LogP contribution is 2.37. The number of aromatic nitrogens is 1. The lowest BCUT2D eigenvalue weighted by Crippen LogP contribution is -2.39. The molecule has 0 aliphatic carbocycles. The molecule has 0 aromatic carbocycles. The highest BCUT2D eigenvalue weighted by Gasteiger charge is 2.35. The van der Waals surface area contributed by atoms with E-state index in [1.165, 1.54) is 10.4 Å². The highest BCUT2D eigenvalue weighted by atomic mass is 32.1. The molecule has 5 nitrogen and oxygen atoms in total. The highest BCUT2D eigenvalue weighted by molar-refractivity contribution is 7.10. The minimum absolute atomic E-state index is 0.0494. The molecule has 4 heterocycles. The molecule has 1 aliphatic rings. The SMILES string of the molecule is CCC1c2ccsc2CCN1C(=O)c1c(C)oc(-n2cccc2)c1C#N. The third-order valence-corrected chi connectivity index (χ3v) is 5.97. The Morgan fingerprint density at radius 1 is 1.42 bits per heavy atom. The largest absolute Gasteiger partial charge is 0.443 e. The molecule has 6 heteroatoms. The molecule has 0 saturated heterocycles. The maximum Gasteiger partial charge on any atom is 0.259 e. The Morgan fingerprint density at radius 3 is 2.88 bits per heavy atom. The standard InChI is InChI=1S/C20H19N3O2S/c1-3-16-14-7-11-26-17(14)6-10-23(16)19(24)18-13(2)25-20(15(18)12-21)22-8-4-5-9-22/h4-5,7-9,11,16H,3,6,10H2,1-2H3. The number of aryl methyl sites for hydroxylation is 1. The molecular weight excluding hydrogens is 346 g/mol. The van der Waals surface area contributed by atoms with Crippen LogP contribution in [0.15, 0.2) is 40.4 Å². The van der Waals surface area contributed by atoms with E-state index in [9.17, 15) is 10.1 Å². The predicted octanol–water partition coefficient (Wildman–Crippen LogP) is 4.46. The van der Waals surface area contributed by atoms with Crippen LogP contribution in [0.5, 0.6) is 0 Å². The fourth-order valence-corrected chi connectivity index (χ4v) is 4.69. The Labute approximate surface area is 156 Å². The van der Waals surface area contributed by atoms with Crippen LogP contribution < -0.4 is 0 Å². The lowest BCUT2D eigenvalue weighted by atomic mass is 9.96. The number of furan rings is 1. The summed E-state index contributed by atoms with van der Waals surface area (Å²) in [5.74, 6) is 0.769. The Kier molecular flexibility index (Phi) is 4.17. The number of nitrogens with zero attached hydrogens (tertiary/aromatic N) is 3. The molecule has 132 valence electrons. The quantitative estimate of drug-likeness (QED) is 0.688. The van der Waals surface area contributed by atoms with Crippen molar-refractivity contribution in [3.63, 3.8) is 0 Å². The van der Waals surface area contributed by atoms with E-state index < -0.39 is 0 Å². The van der Waals surface area contributed by atoms with Crippen molar-refractivity contribution >= 4 is 17.2 Å². The van der Waals surface area contributed by atoms with Crippen molar-refractivity contribution < 1.29 is 9.21 Å². The number of carbonyl (C=O) groups excluding carboxylic acids is 1. The second-order valence-electron chi connectivity index (χ2n) is 6.39. The predicted molar refractivity (Wildman–Crippen MR) is 99.6 cm³/mol. The second-order valence-corrected chi connectivity index (χ2v) is 7.39. The molecule has 1 unspecified atom stereocenters. The molecule has 3 aromatic heterocycles. The van der Waals surface area contributed by atoms with Gasteiger partial charge >= 0.3 is 0 Å². The van der Waals surface area contributed by atoms with Crippen molar-refractivity contribution in [2.75, 3.05) is 6.54 Å². The van der Waals surface area contributed by atoms with Gasteiger partial charge in [-0.15, -0.1) is 11.3 Å². The molecule has 1 atom stereocenters. The smallest absolute Gasteiger partial charge is 0.259 e. The monoisotopic (exact) mass is 365 g/mol. The van der Waals surface area contributed by atoms with Gasteiger partial charge in [-0.05, 0) is 48.9 Å². The first-order chi connectivity index (χ1) is 12.7. The van der Waals surface area contributed by atoms with Crippen LogP contribution in [0.25, 0.3) is 5.88 Å². The summed E-state index contributed by atoms with van der Waals surface area (Å²) >= 11 is 1.76. The maximum atomic E-state index is 13.4. The molecule has 0 bridgehead atoms. The van der Waals surface area contributed by atoms with Crippen LogP contribution in [-0.2, 0) is 6.42 Å². The third-order valence-electron chi connectivity index (χ3n) is 4.97. The summed E-state index contributed by atoms with van der Waals surface area (Å²) in [6.07, 6.45) is 5.32. The first-order valence-electron chi connectivity index (χ1n) is 8.69. The first-order valence-corrected chi connectivity index (χ1v) is 9.57. The van der Waals surface area contributed by atoms with Gasteiger partial charge in [0.1, 0.15) is 23.0 Å². The second kappa shape index (κ2) is 6.50. The van der Waals surface area contributed by atoms with Gasteiger partial charge in [0.2, 0.25) is 5.88 Å². The van der Waals surface area contributed by atoms with Gasteiger partial charge in [0.25, 0.3) is 5.91 Å². The lowest BCUT2D eigenvalue weighted by Gasteiger charge is -2.35. The normalized spacial score (nSPS) is 16.3. The molecule has 0 N–H and O–H groups in total. The van der Waals surface area contributed by atoms with Gasteiger partial charge < -0.3 is 9.32 Å². The molecule has 0 fully saturated rings. The minimum Gasteiger partial charge on any atom is -0.443 e. The summed E-state index contributed by atoms with van der Waals surface area (Å²) in [5, 5.41) is 11.8. The van der Waals surface area contributed by atoms with E-state index in [0.717, 1.165) is 12.8 Å². The molecule has 1 amide bonds. The van der Waals surface area contributed by atoms with Crippen LogP contribution in [0.1, 0.15) is 51.5 Å². The number of fused-ring (bicyclic) bond motifs is 1. The van der Waals surface area contributed by atoms with Crippen LogP contribution in [0, 0.1) is 18.3 Å². The summed E-state index contributed by atoms with van der Waals surface area (Å²) in [6, 6.07) is 8.06. The number of hydrogen-bond donors (Lipinski definition) is 0. The van der Waals surface area contributed by atoms with E-state index in [2.05, 4.69) is 24.4 Å². The molecule has 26 heavy (non-hydrogen) atoms. The van der Waals surface area contributed by atoms with Gasteiger partial charge in [-0.25, -0.2) is 0 Å². The van der Waals surface area contributed by atoms with Crippen LogP contribution in [-0.4, -0.2) is 21.9 Å². The zero-order valence-corrected chi connectivity index (χ0v) is 15.5. The van der Waals surface area contributed by atoms with E-state index in [4.69, 9.17) is 4.42 Å². The Balaban J connectivity index is 1.77. The van der Waals surface area contributed by atoms with E-state index >= 15 is 0 Å². The molecule has 4 rings (SSSR count). The van der Waals surface area contributed by atoms with Crippen LogP contribution >= 0.6 is 11.3 Å². The van der Waals surface area contributed by atoms with Crippen molar-refractivity contribution in [3.05, 3.63) is 63.3 Å². The Morgan fingerprint density at radius 2 is 2.19 bits per heavy atom. The average molecular weight is 365 g/mol. The minimum atomic E-state index is -0.120. The van der Waals surface area contributed by atoms with Gasteiger partial charge in [0.05, 0.1) is 6.04 Å². The van der Waals surface area contributed by atoms with Gasteiger partial charge in [-0.2, -0.15) is 5.26 Å². The number of thiophene rings is 1. The summed E-state index contributed by atoms with van der Waals surface area (Å²) in [4.78, 5) is 16.6. The van der Waals surface area contributed by atoms with Gasteiger partial charge in [0, 0.05) is 23.8 Å². The lowest BCUT2D eigenvalue weighted by molar-refractivity contribution is 0.0655. The molecule has 0 radical (unpaired) electrons. The molecule has 0 saturated carbocycles. The van der Waals surface area contributed by atoms with Crippen LogP contribution in [0.2, 0.25) is 0 Å². The van der Waals surface area contributed by atoms with Gasteiger partial charge in [0.15, 0.2) is 0 Å². The van der Waals surface area contributed by atoms with Crippen LogP contribution in [0.3, 0.4) is 0 Å². The average Bonchev–Trinajstić information content (AvgIpc) is 3.38. The fourth-order valence-electron chi connectivity index (χ4n) is 3.77. The van der Waals surface area contributed by atoms with E-state index in [0.29, 0.717) is 29.3 Å². The number of rotatable bonds is 3. The molecule has 3 aromatic rings. The van der Waals surface area contributed by atoms with Crippen molar-refractivity contribution in [1.82, 2.24) is 9.47 Å². The molecular formula is C20H19N3O2S. The van der Waals surface area contributed by atoms with E-state index in [1.807, 2.05) is 17.0 Å².